The molecule has 0 radical (unpaired) electrons. The molecule has 0 unspecified atom stereocenters. The smallest absolute Gasteiger partial charge is 0.139 e. The topological polar surface area (TPSA) is 73.8 Å². The zero-order valence-electron chi connectivity index (χ0n) is 9.29. The number of rotatable bonds is 1. The SMILES string of the molecule is Oc1ccc(-c2cc3ccc(O)cc3o2)c(O)c1. The van der Waals surface area contributed by atoms with Crippen LogP contribution in [0, 0.1) is 0 Å². The third-order valence-electron chi connectivity index (χ3n) is 2.75. The highest BCUT2D eigenvalue weighted by Gasteiger charge is 2.11. The summed E-state index contributed by atoms with van der Waals surface area (Å²) in [5.41, 5.74) is 1.03. The molecule has 3 N–H and O–H groups in total. The summed E-state index contributed by atoms with van der Waals surface area (Å²) in [4.78, 5) is 0. The molecular weight excluding hydrogens is 232 g/mol. The molecule has 4 nitrogen and oxygen atoms in total. The zero-order chi connectivity index (χ0) is 12.7. The predicted octanol–water partition coefficient (Wildman–Crippen LogP) is 3.22. The van der Waals surface area contributed by atoms with E-state index < -0.39 is 0 Å². The molecule has 18 heavy (non-hydrogen) atoms. The van der Waals surface area contributed by atoms with Crippen molar-refractivity contribution in [3.05, 3.63) is 42.5 Å². The summed E-state index contributed by atoms with van der Waals surface area (Å²) in [6, 6.07) is 10.9. The van der Waals surface area contributed by atoms with E-state index in [9.17, 15) is 15.3 Å². The van der Waals surface area contributed by atoms with Crippen LogP contribution in [0.4, 0.5) is 0 Å². The van der Waals surface area contributed by atoms with Gasteiger partial charge >= 0.3 is 0 Å². The predicted molar refractivity (Wildman–Crippen MR) is 66.6 cm³/mol. The van der Waals surface area contributed by atoms with E-state index in [-0.39, 0.29) is 17.2 Å². The van der Waals surface area contributed by atoms with Crippen molar-refractivity contribution >= 4 is 11.0 Å². The minimum Gasteiger partial charge on any atom is -0.508 e. The normalized spacial score (nSPS) is 10.9. The van der Waals surface area contributed by atoms with Crippen molar-refractivity contribution < 1.29 is 19.7 Å². The molecule has 4 heteroatoms. The minimum atomic E-state index is -0.0571. The Hall–Kier alpha value is -2.62. The molecule has 3 aromatic rings. The number of benzene rings is 2. The molecule has 0 aliphatic carbocycles. The van der Waals surface area contributed by atoms with Crippen molar-refractivity contribution in [2.75, 3.05) is 0 Å². The summed E-state index contributed by atoms with van der Waals surface area (Å²) in [5.74, 6) is 0.537. The van der Waals surface area contributed by atoms with Crippen LogP contribution < -0.4 is 0 Å². The van der Waals surface area contributed by atoms with Gasteiger partial charge in [-0.05, 0) is 30.3 Å². The van der Waals surface area contributed by atoms with Gasteiger partial charge in [-0.1, -0.05) is 0 Å². The van der Waals surface area contributed by atoms with Crippen LogP contribution in [0.3, 0.4) is 0 Å². The van der Waals surface area contributed by atoms with Crippen LogP contribution in [0.2, 0.25) is 0 Å². The molecule has 0 aliphatic heterocycles. The third-order valence-corrected chi connectivity index (χ3v) is 2.75. The van der Waals surface area contributed by atoms with Crippen molar-refractivity contribution in [1.82, 2.24) is 0 Å². The number of hydrogen-bond donors (Lipinski definition) is 3. The number of phenols is 3. The Kier molecular flexibility index (Phi) is 2.16. The highest BCUT2D eigenvalue weighted by molar-refractivity contribution is 5.85. The van der Waals surface area contributed by atoms with Gasteiger partial charge in [0, 0.05) is 17.5 Å². The van der Waals surface area contributed by atoms with Gasteiger partial charge < -0.3 is 19.7 Å². The number of fused-ring (bicyclic) bond motifs is 1. The van der Waals surface area contributed by atoms with Crippen LogP contribution in [0.25, 0.3) is 22.3 Å². The Morgan fingerprint density at radius 1 is 0.778 bits per heavy atom. The molecule has 0 saturated heterocycles. The van der Waals surface area contributed by atoms with Crippen LogP contribution in [-0.4, -0.2) is 15.3 Å². The molecule has 0 atom stereocenters. The first-order valence-electron chi connectivity index (χ1n) is 5.38. The van der Waals surface area contributed by atoms with Crippen LogP contribution in [-0.2, 0) is 0 Å². The van der Waals surface area contributed by atoms with E-state index in [2.05, 4.69) is 0 Å². The summed E-state index contributed by atoms with van der Waals surface area (Å²) >= 11 is 0. The van der Waals surface area contributed by atoms with Gasteiger partial charge in [0.05, 0.1) is 5.56 Å². The largest absolute Gasteiger partial charge is 0.508 e. The maximum atomic E-state index is 9.76. The van der Waals surface area contributed by atoms with E-state index in [4.69, 9.17) is 4.42 Å². The first-order chi connectivity index (χ1) is 8.63. The fourth-order valence-corrected chi connectivity index (χ4v) is 1.88. The van der Waals surface area contributed by atoms with Crippen LogP contribution >= 0.6 is 0 Å². The molecular formula is C14H10O4. The number of aromatic hydroxyl groups is 3. The molecule has 0 amide bonds. The van der Waals surface area contributed by atoms with Crippen LogP contribution in [0.5, 0.6) is 17.2 Å². The van der Waals surface area contributed by atoms with E-state index in [1.807, 2.05) is 0 Å². The maximum Gasteiger partial charge on any atom is 0.139 e. The van der Waals surface area contributed by atoms with E-state index >= 15 is 0 Å². The highest BCUT2D eigenvalue weighted by atomic mass is 16.3. The van der Waals surface area contributed by atoms with E-state index in [0.29, 0.717) is 16.9 Å². The molecule has 2 aromatic carbocycles. The second-order valence-electron chi connectivity index (χ2n) is 4.03. The van der Waals surface area contributed by atoms with Crippen molar-refractivity contribution in [3.8, 4) is 28.6 Å². The minimum absolute atomic E-state index is 0.00925. The quantitative estimate of drug-likeness (QED) is 0.612. The first kappa shape index (κ1) is 10.5. The lowest BCUT2D eigenvalue weighted by Gasteiger charge is -2.00. The highest BCUT2D eigenvalue weighted by Crippen LogP contribution is 2.36. The van der Waals surface area contributed by atoms with Gasteiger partial charge in [0.15, 0.2) is 0 Å². The van der Waals surface area contributed by atoms with Gasteiger partial charge in [0.25, 0.3) is 0 Å². The average molecular weight is 242 g/mol. The fourth-order valence-electron chi connectivity index (χ4n) is 1.88. The molecule has 0 spiro atoms. The molecule has 3 rings (SSSR count). The van der Waals surface area contributed by atoms with Crippen molar-refractivity contribution in [2.45, 2.75) is 0 Å². The Morgan fingerprint density at radius 2 is 1.50 bits per heavy atom. The Bertz CT molecular complexity index is 728. The first-order valence-corrected chi connectivity index (χ1v) is 5.38. The Morgan fingerprint density at radius 3 is 2.28 bits per heavy atom. The Balaban J connectivity index is 2.19. The second-order valence-corrected chi connectivity index (χ2v) is 4.03. The summed E-state index contributed by atoms with van der Waals surface area (Å²) in [6.07, 6.45) is 0. The van der Waals surface area contributed by atoms with Crippen molar-refractivity contribution in [1.29, 1.82) is 0 Å². The third kappa shape index (κ3) is 1.64. The van der Waals surface area contributed by atoms with Crippen molar-refractivity contribution in [3.63, 3.8) is 0 Å². The molecule has 0 saturated carbocycles. The second kappa shape index (κ2) is 3.70. The number of hydrogen-bond acceptors (Lipinski definition) is 4. The summed E-state index contributed by atoms with van der Waals surface area (Å²) in [6.45, 7) is 0. The van der Waals surface area contributed by atoms with Crippen LogP contribution in [0.1, 0.15) is 0 Å². The monoisotopic (exact) mass is 242 g/mol. The fraction of sp³-hybridized carbons (Fsp3) is 0. The van der Waals surface area contributed by atoms with E-state index in [1.165, 1.54) is 18.2 Å². The summed E-state index contributed by atoms with van der Waals surface area (Å²) < 4.78 is 5.55. The molecule has 1 aromatic heterocycles. The van der Waals surface area contributed by atoms with Gasteiger partial charge in [0.2, 0.25) is 0 Å². The van der Waals surface area contributed by atoms with Gasteiger partial charge in [-0.3, -0.25) is 0 Å². The van der Waals surface area contributed by atoms with Gasteiger partial charge in [-0.2, -0.15) is 0 Å². The van der Waals surface area contributed by atoms with Crippen molar-refractivity contribution in [2.24, 2.45) is 0 Å². The van der Waals surface area contributed by atoms with E-state index in [0.717, 1.165) is 5.39 Å². The summed E-state index contributed by atoms with van der Waals surface area (Å²) in [7, 11) is 0. The number of phenolic OH excluding ortho intramolecular Hbond substituents is 3. The van der Waals surface area contributed by atoms with Gasteiger partial charge in [0.1, 0.15) is 28.6 Å². The van der Waals surface area contributed by atoms with Gasteiger partial charge in [-0.25, -0.2) is 0 Å². The lowest BCUT2D eigenvalue weighted by atomic mass is 10.1. The zero-order valence-corrected chi connectivity index (χ0v) is 9.29. The van der Waals surface area contributed by atoms with E-state index in [1.54, 1.807) is 24.3 Å². The standard InChI is InChI=1S/C14H10O4/c15-9-3-4-11(12(17)6-9)14-5-8-1-2-10(16)7-13(8)18-14/h1-7,15-17H. The number of furan rings is 1. The van der Waals surface area contributed by atoms with Crippen LogP contribution in [0.15, 0.2) is 46.9 Å². The Labute approximate surface area is 102 Å². The molecule has 90 valence electrons. The average Bonchev–Trinajstić information content (AvgIpc) is 2.71. The van der Waals surface area contributed by atoms with Gasteiger partial charge in [-0.15, -0.1) is 0 Å². The molecule has 1 heterocycles. The lowest BCUT2D eigenvalue weighted by molar-refractivity contribution is 0.450. The molecule has 0 aliphatic rings. The lowest BCUT2D eigenvalue weighted by Crippen LogP contribution is -1.75. The molecule has 0 bridgehead atoms. The summed E-state index contributed by atoms with van der Waals surface area (Å²) in [5, 5.41) is 29.2. The maximum absolute atomic E-state index is 9.76. The molecule has 0 fully saturated rings.